The summed E-state index contributed by atoms with van der Waals surface area (Å²) in [5.74, 6) is 0.540. The molecule has 0 unspecified atom stereocenters. The van der Waals surface area contributed by atoms with Crippen LogP contribution in [0.4, 0.5) is 5.13 Å². The molecule has 2 saturated heterocycles. The minimum Gasteiger partial charge on any atom is -0.375 e. The largest absolute Gasteiger partial charge is 0.375 e. The van der Waals surface area contributed by atoms with Crippen molar-refractivity contribution in [3.8, 4) is 0 Å². The summed E-state index contributed by atoms with van der Waals surface area (Å²) in [7, 11) is 0. The number of rotatable bonds is 3. The summed E-state index contributed by atoms with van der Waals surface area (Å²) >= 11 is 1.24. The zero-order valence-corrected chi connectivity index (χ0v) is 17.4. The number of thiazole rings is 1. The average Bonchev–Trinajstić information content (AvgIpc) is 3.17. The summed E-state index contributed by atoms with van der Waals surface area (Å²) in [6, 6.07) is 4.15. The van der Waals surface area contributed by atoms with Gasteiger partial charge in [0.2, 0.25) is 0 Å². The number of aromatic nitrogens is 2. The molecule has 0 spiro atoms. The third-order valence-corrected chi connectivity index (χ3v) is 7.36. The van der Waals surface area contributed by atoms with Gasteiger partial charge in [0.1, 0.15) is 4.88 Å². The van der Waals surface area contributed by atoms with Gasteiger partial charge in [-0.25, -0.2) is 4.98 Å². The molecule has 154 valence electrons. The van der Waals surface area contributed by atoms with E-state index in [-0.39, 0.29) is 17.4 Å². The van der Waals surface area contributed by atoms with E-state index in [0.717, 1.165) is 37.3 Å². The fourth-order valence-corrected chi connectivity index (χ4v) is 5.83. The Morgan fingerprint density at radius 1 is 1.17 bits per heavy atom. The van der Waals surface area contributed by atoms with E-state index in [4.69, 9.17) is 5.73 Å². The lowest BCUT2D eigenvalue weighted by Crippen LogP contribution is -2.49. The van der Waals surface area contributed by atoms with Crippen molar-refractivity contribution in [2.24, 2.45) is 5.92 Å². The summed E-state index contributed by atoms with van der Waals surface area (Å²) < 4.78 is 1.99. The molecule has 0 saturated carbocycles. The van der Waals surface area contributed by atoms with Gasteiger partial charge in [0, 0.05) is 43.4 Å². The Bertz CT molecular complexity index is 978. The van der Waals surface area contributed by atoms with Gasteiger partial charge in [-0.1, -0.05) is 23.8 Å². The molecule has 8 heteroatoms. The van der Waals surface area contributed by atoms with E-state index in [9.17, 15) is 9.59 Å². The van der Waals surface area contributed by atoms with E-state index >= 15 is 0 Å². The molecule has 5 rings (SSSR count). The van der Waals surface area contributed by atoms with Crippen LogP contribution in [-0.2, 0) is 13.1 Å². The molecular weight excluding hydrogens is 386 g/mol. The molecule has 2 bridgehead atoms. The summed E-state index contributed by atoms with van der Waals surface area (Å²) in [6.07, 6.45) is 6.36. The average molecular weight is 414 g/mol. The van der Waals surface area contributed by atoms with Crippen molar-refractivity contribution in [3.63, 3.8) is 0 Å². The van der Waals surface area contributed by atoms with Crippen molar-refractivity contribution in [2.45, 2.75) is 44.7 Å². The highest BCUT2D eigenvalue weighted by molar-refractivity contribution is 7.17. The van der Waals surface area contributed by atoms with Crippen LogP contribution >= 0.6 is 11.3 Å². The lowest BCUT2D eigenvalue weighted by molar-refractivity contribution is 0.0598. The van der Waals surface area contributed by atoms with E-state index in [1.165, 1.54) is 30.6 Å². The molecule has 0 aliphatic carbocycles. The fourth-order valence-electron chi connectivity index (χ4n) is 5.18. The molecule has 0 aromatic carbocycles. The van der Waals surface area contributed by atoms with Gasteiger partial charge in [0.15, 0.2) is 5.13 Å². The van der Waals surface area contributed by atoms with Crippen molar-refractivity contribution >= 4 is 22.4 Å². The van der Waals surface area contributed by atoms with E-state index in [1.807, 2.05) is 15.5 Å². The Kier molecular flexibility index (Phi) is 4.91. The number of hydrogen-bond acceptors (Lipinski definition) is 6. The van der Waals surface area contributed by atoms with Crippen LogP contribution in [0.2, 0.25) is 0 Å². The third kappa shape index (κ3) is 3.59. The number of pyridine rings is 1. The number of nitrogen functional groups attached to an aromatic ring is 1. The van der Waals surface area contributed by atoms with Gasteiger partial charge in [0.25, 0.3) is 11.5 Å². The molecule has 29 heavy (non-hydrogen) atoms. The van der Waals surface area contributed by atoms with Crippen LogP contribution in [0.25, 0.3) is 0 Å². The van der Waals surface area contributed by atoms with Gasteiger partial charge in [0.05, 0.1) is 6.20 Å². The van der Waals surface area contributed by atoms with Crippen molar-refractivity contribution in [1.82, 2.24) is 19.4 Å². The standard InChI is InChI=1S/C21H27N5O2S/c22-21-23-9-18(29-21)20(28)25-10-14-8-16(13-25)17-5-4-15(19(27)26(17)11-14)12-24-6-2-1-3-7-24/h4-5,9,14,16H,1-3,6-8,10-13H2,(H2,22,23)/t14-,16+/m0/s1. The minimum atomic E-state index is 0.00594. The first-order valence-electron chi connectivity index (χ1n) is 10.5. The summed E-state index contributed by atoms with van der Waals surface area (Å²) in [4.78, 5) is 35.0. The second-order valence-electron chi connectivity index (χ2n) is 8.61. The number of fused-ring (bicyclic) bond motifs is 4. The van der Waals surface area contributed by atoms with E-state index in [2.05, 4.69) is 16.0 Å². The first-order chi connectivity index (χ1) is 14.1. The van der Waals surface area contributed by atoms with Crippen LogP contribution in [0.5, 0.6) is 0 Å². The highest BCUT2D eigenvalue weighted by Gasteiger charge is 2.37. The molecule has 0 radical (unpaired) electrons. The second-order valence-corrected chi connectivity index (χ2v) is 9.67. The van der Waals surface area contributed by atoms with Crippen LogP contribution in [0, 0.1) is 5.92 Å². The maximum absolute atomic E-state index is 13.2. The quantitative estimate of drug-likeness (QED) is 0.833. The first-order valence-corrected chi connectivity index (χ1v) is 11.4. The van der Waals surface area contributed by atoms with Crippen molar-refractivity contribution < 1.29 is 4.79 Å². The van der Waals surface area contributed by atoms with Gasteiger partial charge in [-0.05, 0) is 44.3 Å². The molecule has 2 atom stereocenters. The predicted molar refractivity (Wildman–Crippen MR) is 113 cm³/mol. The maximum Gasteiger partial charge on any atom is 0.265 e. The Morgan fingerprint density at radius 2 is 2.00 bits per heavy atom. The first kappa shape index (κ1) is 18.8. The van der Waals surface area contributed by atoms with Crippen LogP contribution in [-0.4, -0.2) is 51.4 Å². The Labute approximate surface area is 174 Å². The maximum atomic E-state index is 13.2. The Morgan fingerprint density at radius 3 is 2.76 bits per heavy atom. The smallest absolute Gasteiger partial charge is 0.265 e. The highest BCUT2D eigenvalue weighted by atomic mass is 32.1. The van der Waals surface area contributed by atoms with Gasteiger partial charge in [-0.3, -0.25) is 14.5 Å². The van der Waals surface area contributed by atoms with Gasteiger partial charge in [-0.2, -0.15) is 0 Å². The van der Waals surface area contributed by atoms with Crippen LogP contribution < -0.4 is 11.3 Å². The number of likely N-dealkylation sites (tertiary alicyclic amines) is 2. The zero-order chi connectivity index (χ0) is 20.0. The lowest BCUT2D eigenvalue weighted by atomic mass is 9.83. The number of carbonyl (C=O) groups is 1. The molecule has 2 aromatic rings. The molecule has 1 amide bonds. The van der Waals surface area contributed by atoms with Crippen molar-refractivity contribution in [2.75, 3.05) is 31.9 Å². The van der Waals surface area contributed by atoms with E-state index < -0.39 is 0 Å². The zero-order valence-electron chi connectivity index (χ0n) is 16.5. The monoisotopic (exact) mass is 413 g/mol. The number of anilines is 1. The van der Waals surface area contributed by atoms with E-state index in [0.29, 0.717) is 35.6 Å². The Balaban J connectivity index is 1.37. The van der Waals surface area contributed by atoms with Gasteiger partial charge >= 0.3 is 0 Å². The van der Waals surface area contributed by atoms with Crippen molar-refractivity contribution in [1.29, 1.82) is 0 Å². The third-order valence-electron chi connectivity index (χ3n) is 6.55. The topological polar surface area (TPSA) is 84.5 Å². The molecule has 2 N–H and O–H groups in total. The fraction of sp³-hybridized carbons (Fsp3) is 0.571. The number of nitrogens with zero attached hydrogens (tertiary/aromatic N) is 4. The van der Waals surface area contributed by atoms with Gasteiger partial charge < -0.3 is 15.2 Å². The Hall–Kier alpha value is -2.19. The molecular formula is C21H27N5O2S. The molecule has 3 aliphatic rings. The van der Waals surface area contributed by atoms with Crippen LogP contribution in [0.15, 0.2) is 23.1 Å². The normalized spacial score (nSPS) is 24.3. The minimum absolute atomic E-state index is 0.00594. The number of nitrogens with two attached hydrogens (primary N) is 1. The molecule has 2 fully saturated rings. The molecule has 7 nitrogen and oxygen atoms in total. The highest BCUT2D eigenvalue weighted by Crippen LogP contribution is 2.36. The summed E-state index contributed by atoms with van der Waals surface area (Å²) in [6.45, 7) is 4.98. The second kappa shape index (κ2) is 7.57. The SMILES string of the molecule is Nc1ncc(C(=O)N2C[C@@H]3C[C@H](C2)c2ccc(CN4CCCCC4)c(=O)n2C3)s1. The lowest BCUT2D eigenvalue weighted by Gasteiger charge is -2.42. The summed E-state index contributed by atoms with van der Waals surface area (Å²) in [5.41, 5.74) is 7.84. The number of hydrogen-bond donors (Lipinski definition) is 1. The number of amides is 1. The molecule has 5 heterocycles. The van der Waals surface area contributed by atoms with Crippen molar-refractivity contribution in [3.05, 3.63) is 44.8 Å². The van der Waals surface area contributed by atoms with Crippen LogP contribution in [0.1, 0.15) is 52.5 Å². The number of piperidine rings is 2. The summed E-state index contributed by atoms with van der Waals surface area (Å²) in [5, 5.41) is 0.420. The van der Waals surface area contributed by atoms with E-state index in [1.54, 1.807) is 6.20 Å². The van der Waals surface area contributed by atoms with Gasteiger partial charge in [-0.15, -0.1) is 0 Å². The van der Waals surface area contributed by atoms with Crippen LogP contribution in [0.3, 0.4) is 0 Å². The number of carbonyl (C=O) groups excluding carboxylic acids is 1. The predicted octanol–water partition coefficient (Wildman–Crippen LogP) is 2.13. The molecule has 3 aliphatic heterocycles. The molecule has 2 aromatic heterocycles.